The van der Waals surface area contributed by atoms with Gasteiger partial charge in [-0.15, -0.1) is 17.0 Å². The lowest BCUT2D eigenvalue weighted by Crippen LogP contribution is -2.48. The maximum atomic E-state index is 2.33. The molecule has 0 aliphatic rings. The van der Waals surface area contributed by atoms with E-state index in [2.05, 4.69) is 27.7 Å². The maximum absolute atomic E-state index is 2.33. The van der Waals surface area contributed by atoms with Crippen LogP contribution in [-0.2, 0) is 0 Å². The minimum Gasteiger partial charge on any atom is -0.324 e. The molecular formula is C12H29BrN+. The van der Waals surface area contributed by atoms with Crippen LogP contribution < -0.4 is 0 Å². The average molecular weight is 267 g/mol. The summed E-state index contributed by atoms with van der Waals surface area (Å²) in [5, 5.41) is 0. The average Bonchev–Trinajstić information content (AvgIpc) is 2.20. The van der Waals surface area contributed by atoms with Crippen molar-refractivity contribution < 1.29 is 4.48 Å². The number of quaternary nitrogens is 1. The second kappa shape index (κ2) is 9.97. The summed E-state index contributed by atoms with van der Waals surface area (Å²) in [5.41, 5.74) is 0. The summed E-state index contributed by atoms with van der Waals surface area (Å²) in [7, 11) is 0. The molecule has 0 aromatic carbocycles. The zero-order chi connectivity index (χ0) is 10.2. The van der Waals surface area contributed by atoms with Crippen LogP contribution in [0.5, 0.6) is 0 Å². The quantitative estimate of drug-likeness (QED) is 0.460. The Kier molecular flexibility index (Phi) is 12.0. The molecule has 0 saturated heterocycles. The van der Waals surface area contributed by atoms with Crippen LogP contribution in [0, 0.1) is 0 Å². The molecule has 0 saturated carbocycles. The van der Waals surface area contributed by atoms with Crippen molar-refractivity contribution in [1.29, 1.82) is 0 Å². The Morgan fingerprint density at radius 3 is 1.57 bits per heavy atom. The fourth-order valence-corrected chi connectivity index (χ4v) is 2.02. The molecule has 0 atom stereocenters. The van der Waals surface area contributed by atoms with Crippen LogP contribution in [-0.4, -0.2) is 30.7 Å². The molecule has 0 fully saturated rings. The van der Waals surface area contributed by atoms with E-state index in [-0.39, 0.29) is 17.0 Å². The van der Waals surface area contributed by atoms with Crippen molar-refractivity contribution in [3.63, 3.8) is 0 Å². The van der Waals surface area contributed by atoms with Crippen LogP contribution in [0.2, 0.25) is 0 Å². The molecule has 0 aliphatic carbocycles. The van der Waals surface area contributed by atoms with E-state index in [1.165, 1.54) is 56.3 Å². The first-order valence-corrected chi connectivity index (χ1v) is 6.09. The Hall–Kier alpha value is 0.440. The monoisotopic (exact) mass is 266 g/mol. The topological polar surface area (TPSA) is 0 Å². The zero-order valence-electron chi connectivity index (χ0n) is 10.5. The number of nitrogens with zero attached hydrogens (tertiary/aromatic N) is 1. The van der Waals surface area contributed by atoms with Gasteiger partial charge in [0.2, 0.25) is 0 Å². The SMILES string of the molecule is Br.CCCCCC[N+](CC)(CC)CC. The molecule has 0 aromatic heterocycles. The number of hydrogen-bond acceptors (Lipinski definition) is 0. The first kappa shape index (κ1) is 16.9. The summed E-state index contributed by atoms with van der Waals surface area (Å²) in [4.78, 5) is 0. The minimum absolute atomic E-state index is 0. The van der Waals surface area contributed by atoms with Crippen LogP contribution in [0.25, 0.3) is 0 Å². The Morgan fingerprint density at radius 1 is 0.714 bits per heavy atom. The molecule has 0 unspecified atom stereocenters. The summed E-state index contributed by atoms with van der Waals surface area (Å²) in [6.07, 6.45) is 5.61. The number of rotatable bonds is 8. The van der Waals surface area contributed by atoms with E-state index < -0.39 is 0 Å². The highest BCUT2D eigenvalue weighted by atomic mass is 79.9. The van der Waals surface area contributed by atoms with Gasteiger partial charge in [0.05, 0.1) is 26.2 Å². The molecule has 0 bridgehead atoms. The molecule has 0 N–H and O–H groups in total. The molecule has 0 aromatic rings. The fraction of sp³-hybridized carbons (Fsp3) is 1.00. The molecule has 2 heteroatoms. The highest BCUT2D eigenvalue weighted by Gasteiger charge is 2.19. The Bertz CT molecular complexity index is 103. The second-order valence-corrected chi connectivity index (χ2v) is 4.07. The van der Waals surface area contributed by atoms with E-state index in [0.717, 1.165) is 0 Å². The van der Waals surface area contributed by atoms with Crippen molar-refractivity contribution in [2.75, 3.05) is 26.2 Å². The van der Waals surface area contributed by atoms with Gasteiger partial charge < -0.3 is 4.48 Å². The zero-order valence-corrected chi connectivity index (χ0v) is 12.2. The summed E-state index contributed by atoms with van der Waals surface area (Å²) < 4.78 is 1.32. The summed E-state index contributed by atoms with van der Waals surface area (Å²) in [6.45, 7) is 14.6. The van der Waals surface area contributed by atoms with Crippen molar-refractivity contribution in [2.45, 2.75) is 53.4 Å². The first-order valence-electron chi connectivity index (χ1n) is 6.09. The van der Waals surface area contributed by atoms with Crippen molar-refractivity contribution in [2.24, 2.45) is 0 Å². The molecule has 0 aliphatic heterocycles. The Labute approximate surface area is 101 Å². The Morgan fingerprint density at radius 2 is 1.21 bits per heavy atom. The highest BCUT2D eigenvalue weighted by molar-refractivity contribution is 8.93. The van der Waals surface area contributed by atoms with E-state index in [4.69, 9.17) is 0 Å². The summed E-state index contributed by atoms with van der Waals surface area (Å²) in [6, 6.07) is 0. The molecule has 0 radical (unpaired) electrons. The van der Waals surface area contributed by atoms with E-state index in [0.29, 0.717) is 0 Å². The molecule has 1 nitrogen and oxygen atoms in total. The van der Waals surface area contributed by atoms with E-state index in [1.54, 1.807) is 0 Å². The number of unbranched alkanes of at least 4 members (excludes halogenated alkanes) is 3. The van der Waals surface area contributed by atoms with E-state index >= 15 is 0 Å². The third kappa shape index (κ3) is 6.02. The predicted octanol–water partition coefficient (Wildman–Crippen LogP) is 4.02. The van der Waals surface area contributed by atoms with Gasteiger partial charge in [-0.05, 0) is 33.6 Å². The lowest BCUT2D eigenvalue weighted by Gasteiger charge is -2.35. The minimum atomic E-state index is 0. The lowest BCUT2D eigenvalue weighted by molar-refractivity contribution is -0.923. The number of hydrogen-bond donors (Lipinski definition) is 0. The Balaban J connectivity index is 0. The van der Waals surface area contributed by atoms with Gasteiger partial charge in [-0.25, -0.2) is 0 Å². The molecule has 0 amide bonds. The van der Waals surface area contributed by atoms with Gasteiger partial charge in [0.15, 0.2) is 0 Å². The predicted molar refractivity (Wildman–Crippen MR) is 71.2 cm³/mol. The van der Waals surface area contributed by atoms with Crippen LogP contribution >= 0.6 is 17.0 Å². The van der Waals surface area contributed by atoms with E-state index in [9.17, 15) is 0 Å². The van der Waals surface area contributed by atoms with Gasteiger partial charge in [0.1, 0.15) is 0 Å². The lowest BCUT2D eigenvalue weighted by atomic mass is 10.2. The molecule has 0 spiro atoms. The second-order valence-electron chi connectivity index (χ2n) is 4.07. The van der Waals surface area contributed by atoms with Crippen molar-refractivity contribution in [3.8, 4) is 0 Å². The molecule has 0 rings (SSSR count). The van der Waals surface area contributed by atoms with Gasteiger partial charge in [0.25, 0.3) is 0 Å². The van der Waals surface area contributed by atoms with Gasteiger partial charge in [-0.3, -0.25) is 0 Å². The standard InChI is InChI=1S/C12H28N.BrH/c1-5-9-10-11-12-13(6-2,7-3)8-4;/h5-12H2,1-4H3;1H/q+1;. The fourth-order valence-electron chi connectivity index (χ4n) is 2.02. The smallest absolute Gasteiger partial charge is 0.0786 e. The molecule has 0 heterocycles. The number of halogens is 1. The largest absolute Gasteiger partial charge is 0.324 e. The van der Waals surface area contributed by atoms with Gasteiger partial charge in [-0.2, -0.15) is 0 Å². The van der Waals surface area contributed by atoms with Crippen molar-refractivity contribution in [1.82, 2.24) is 0 Å². The van der Waals surface area contributed by atoms with Gasteiger partial charge >= 0.3 is 0 Å². The summed E-state index contributed by atoms with van der Waals surface area (Å²) >= 11 is 0. The van der Waals surface area contributed by atoms with Crippen LogP contribution in [0.15, 0.2) is 0 Å². The third-order valence-corrected chi connectivity index (χ3v) is 3.50. The maximum Gasteiger partial charge on any atom is 0.0786 e. The van der Waals surface area contributed by atoms with Crippen molar-refractivity contribution >= 4 is 17.0 Å². The van der Waals surface area contributed by atoms with Crippen LogP contribution in [0.3, 0.4) is 0 Å². The van der Waals surface area contributed by atoms with Gasteiger partial charge in [0, 0.05) is 0 Å². The molecular weight excluding hydrogens is 238 g/mol. The normalized spacial score (nSPS) is 11.1. The molecule has 14 heavy (non-hydrogen) atoms. The third-order valence-electron chi connectivity index (χ3n) is 3.50. The van der Waals surface area contributed by atoms with Crippen LogP contribution in [0.1, 0.15) is 53.4 Å². The van der Waals surface area contributed by atoms with Gasteiger partial charge in [-0.1, -0.05) is 19.8 Å². The van der Waals surface area contributed by atoms with Crippen molar-refractivity contribution in [3.05, 3.63) is 0 Å². The van der Waals surface area contributed by atoms with E-state index in [1.807, 2.05) is 0 Å². The van der Waals surface area contributed by atoms with Crippen LogP contribution in [0.4, 0.5) is 0 Å². The first-order chi connectivity index (χ1) is 6.24. The summed E-state index contributed by atoms with van der Waals surface area (Å²) in [5.74, 6) is 0. The highest BCUT2D eigenvalue weighted by Crippen LogP contribution is 2.10. The molecule has 88 valence electrons.